The maximum absolute atomic E-state index is 12.0. The predicted octanol–water partition coefficient (Wildman–Crippen LogP) is 4.15. The average Bonchev–Trinajstić information content (AvgIpc) is 3.33. The molecule has 0 bridgehead atoms. The maximum atomic E-state index is 12.0. The number of thioether (sulfide) groups is 1. The topological polar surface area (TPSA) is 84.0 Å². The van der Waals surface area contributed by atoms with E-state index in [1.165, 1.54) is 40.0 Å². The molecule has 0 aliphatic heterocycles. The Bertz CT molecular complexity index is 876. The number of anilines is 2. The van der Waals surface area contributed by atoms with Crippen molar-refractivity contribution < 1.29 is 9.59 Å². The summed E-state index contributed by atoms with van der Waals surface area (Å²) in [5, 5.41) is 15.7. The van der Waals surface area contributed by atoms with Gasteiger partial charge < -0.3 is 5.32 Å². The highest BCUT2D eigenvalue weighted by atomic mass is 32.2. The summed E-state index contributed by atoms with van der Waals surface area (Å²) >= 11 is 3.89. The van der Waals surface area contributed by atoms with E-state index in [4.69, 9.17) is 0 Å². The van der Waals surface area contributed by atoms with Crippen molar-refractivity contribution in [2.24, 2.45) is 0 Å². The summed E-state index contributed by atoms with van der Waals surface area (Å²) in [6.07, 6.45) is 0.965. The smallest absolute Gasteiger partial charge is 0.267 e. The number of nitrogens with zero attached hydrogens (tertiary/aromatic N) is 2. The molecule has 2 N–H and O–H groups in total. The zero-order valence-electron chi connectivity index (χ0n) is 13.9. The normalized spacial score (nSPS) is 10.5. The largest absolute Gasteiger partial charge is 0.325 e. The van der Waals surface area contributed by atoms with Gasteiger partial charge in [-0.2, -0.15) is 0 Å². The lowest BCUT2D eigenvalue weighted by atomic mass is 10.1. The number of aryl methyl sites for hydroxylation is 1. The second-order valence-corrected chi connectivity index (χ2v) is 8.34. The van der Waals surface area contributed by atoms with Gasteiger partial charge in [0.05, 0.1) is 10.6 Å². The second-order valence-electron chi connectivity index (χ2n) is 5.19. The quantitative estimate of drug-likeness (QED) is 0.457. The number of hydrogen-bond acceptors (Lipinski definition) is 7. The molecule has 134 valence electrons. The van der Waals surface area contributed by atoms with Crippen molar-refractivity contribution in [3.8, 4) is 0 Å². The Hall–Kier alpha value is -2.23. The van der Waals surface area contributed by atoms with E-state index in [1.54, 1.807) is 6.07 Å². The molecule has 0 saturated heterocycles. The van der Waals surface area contributed by atoms with E-state index in [2.05, 4.69) is 27.8 Å². The lowest BCUT2D eigenvalue weighted by molar-refractivity contribution is -0.113. The SMILES string of the molecule is CCc1ccc(NC(=O)CSc2nnc(NC(=O)c3cccs3)s2)cc1. The molecular formula is C17H16N4O2S3. The minimum Gasteiger partial charge on any atom is -0.325 e. The first-order chi connectivity index (χ1) is 12.6. The van der Waals surface area contributed by atoms with Crippen LogP contribution in [0, 0.1) is 0 Å². The van der Waals surface area contributed by atoms with E-state index < -0.39 is 0 Å². The van der Waals surface area contributed by atoms with Crippen LogP contribution in [0.1, 0.15) is 22.2 Å². The second kappa shape index (κ2) is 8.93. The zero-order valence-corrected chi connectivity index (χ0v) is 16.3. The van der Waals surface area contributed by atoms with Gasteiger partial charge in [0, 0.05) is 5.69 Å². The molecule has 0 unspecified atom stereocenters. The fraction of sp³-hybridized carbons (Fsp3) is 0.176. The molecule has 3 rings (SSSR count). The first-order valence-electron chi connectivity index (χ1n) is 7.84. The van der Waals surface area contributed by atoms with Crippen molar-refractivity contribution in [2.75, 3.05) is 16.4 Å². The third-order valence-electron chi connectivity index (χ3n) is 3.34. The van der Waals surface area contributed by atoms with Gasteiger partial charge in [-0.25, -0.2) is 0 Å². The molecular weight excluding hydrogens is 388 g/mol. The fourth-order valence-corrected chi connectivity index (χ4v) is 4.20. The van der Waals surface area contributed by atoms with E-state index in [1.807, 2.05) is 35.7 Å². The van der Waals surface area contributed by atoms with Gasteiger partial charge in [0.1, 0.15) is 0 Å². The first kappa shape index (κ1) is 18.6. The van der Waals surface area contributed by atoms with E-state index in [0.29, 0.717) is 14.3 Å². The Labute approximate surface area is 163 Å². The van der Waals surface area contributed by atoms with Crippen LogP contribution in [0.5, 0.6) is 0 Å². The van der Waals surface area contributed by atoms with Gasteiger partial charge in [-0.1, -0.05) is 48.2 Å². The Balaban J connectivity index is 1.48. The highest BCUT2D eigenvalue weighted by molar-refractivity contribution is 8.01. The van der Waals surface area contributed by atoms with Gasteiger partial charge in [-0.3, -0.25) is 14.9 Å². The van der Waals surface area contributed by atoms with Gasteiger partial charge in [0.25, 0.3) is 5.91 Å². The van der Waals surface area contributed by atoms with Gasteiger partial charge >= 0.3 is 0 Å². The van der Waals surface area contributed by atoms with Gasteiger partial charge in [-0.15, -0.1) is 21.5 Å². The van der Waals surface area contributed by atoms with E-state index in [-0.39, 0.29) is 17.6 Å². The Morgan fingerprint density at radius 1 is 1.12 bits per heavy atom. The lowest BCUT2D eigenvalue weighted by Gasteiger charge is -2.05. The molecule has 0 saturated carbocycles. The van der Waals surface area contributed by atoms with Crippen LogP contribution in [0.15, 0.2) is 46.1 Å². The zero-order chi connectivity index (χ0) is 18.4. The molecule has 9 heteroatoms. The molecule has 3 aromatic rings. The Kier molecular flexibility index (Phi) is 6.37. The predicted molar refractivity (Wildman–Crippen MR) is 107 cm³/mol. The lowest BCUT2D eigenvalue weighted by Crippen LogP contribution is -2.13. The fourth-order valence-electron chi connectivity index (χ4n) is 2.03. The Morgan fingerprint density at radius 3 is 2.62 bits per heavy atom. The number of carbonyl (C=O) groups is 2. The summed E-state index contributed by atoms with van der Waals surface area (Å²) in [6, 6.07) is 11.3. The van der Waals surface area contributed by atoms with Crippen molar-refractivity contribution in [3.63, 3.8) is 0 Å². The number of thiophene rings is 1. The number of rotatable bonds is 7. The van der Waals surface area contributed by atoms with Crippen molar-refractivity contribution >= 4 is 57.1 Å². The summed E-state index contributed by atoms with van der Waals surface area (Å²) in [6.45, 7) is 2.09. The highest BCUT2D eigenvalue weighted by Gasteiger charge is 2.12. The third-order valence-corrected chi connectivity index (χ3v) is 6.19. The first-order valence-corrected chi connectivity index (χ1v) is 10.5. The monoisotopic (exact) mass is 404 g/mol. The summed E-state index contributed by atoms with van der Waals surface area (Å²) in [5.41, 5.74) is 2.00. The van der Waals surface area contributed by atoms with Crippen LogP contribution in [0.2, 0.25) is 0 Å². The number of amides is 2. The van der Waals surface area contributed by atoms with Crippen LogP contribution in [-0.2, 0) is 11.2 Å². The maximum Gasteiger partial charge on any atom is 0.267 e. The Morgan fingerprint density at radius 2 is 1.92 bits per heavy atom. The molecule has 2 amide bonds. The molecule has 2 heterocycles. The van der Waals surface area contributed by atoms with Crippen LogP contribution in [-0.4, -0.2) is 27.8 Å². The number of hydrogen-bond donors (Lipinski definition) is 2. The summed E-state index contributed by atoms with van der Waals surface area (Å²) < 4.78 is 0.628. The molecule has 0 aliphatic rings. The van der Waals surface area contributed by atoms with E-state index in [9.17, 15) is 9.59 Å². The minimum absolute atomic E-state index is 0.112. The summed E-state index contributed by atoms with van der Waals surface area (Å²) in [4.78, 5) is 24.6. The van der Waals surface area contributed by atoms with Gasteiger partial charge in [-0.05, 0) is 35.6 Å². The number of benzene rings is 1. The van der Waals surface area contributed by atoms with Crippen molar-refractivity contribution in [3.05, 3.63) is 52.2 Å². The minimum atomic E-state index is -0.207. The molecule has 0 radical (unpaired) electrons. The molecule has 0 spiro atoms. The van der Waals surface area contributed by atoms with Crippen LogP contribution in [0.4, 0.5) is 10.8 Å². The molecule has 1 aromatic carbocycles. The van der Waals surface area contributed by atoms with Crippen molar-refractivity contribution in [1.29, 1.82) is 0 Å². The highest BCUT2D eigenvalue weighted by Crippen LogP contribution is 2.26. The molecule has 0 fully saturated rings. The number of nitrogens with one attached hydrogen (secondary N) is 2. The molecule has 6 nitrogen and oxygen atoms in total. The average molecular weight is 405 g/mol. The van der Waals surface area contributed by atoms with Gasteiger partial charge in [0.2, 0.25) is 11.0 Å². The van der Waals surface area contributed by atoms with Crippen LogP contribution in [0.25, 0.3) is 0 Å². The van der Waals surface area contributed by atoms with Crippen LogP contribution in [0.3, 0.4) is 0 Å². The number of aromatic nitrogens is 2. The number of carbonyl (C=O) groups excluding carboxylic acids is 2. The summed E-state index contributed by atoms with van der Waals surface area (Å²) in [5.74, 6) is -0.0946. The van der Waals surface area contributed by atoms with E-state index >= 15 is 0 Å². The molecule has 0 aliphatic carbocycles. The summed E-state index contributed by atoms with van der Waals surface area (Å²) in [7, 11) is 0. The van der Waals surface area contributed by atoms with Crippen LogP contribution >= 0.6 is 34.4 Å². The van der Waals surface area contributed by atoms with Crippen LogP contribution < -0.4 is 10.6 Å². The van der Waals surface area contributed by atoms with Gasteiger partial charge in [0.15, 0.2) is 4.34 Å². The van der Waals surface area contributed by atoms with Crippen molar-refractivity contribution in [1.82, 2.24) is 10.2 Å². The molecule has 2 aromatic heterocycles. The standard InChI is InChI=1S/C17H16N4O2S3/c1-2-11-5-7-12(8-6-11)18-14(22)10-25-17-21-20-16(26-17)19-15(23)13-4-3-9-24-13/h3-9H,2,10H2,1H3,(H,18,22)(H,19,20,23). The van der Waals surface area contributed by atoms with E-state index in [0.717, 1.165) is 12.1 Å². The molecule has 26 heavy (non-hydrogen) atoms. The molecule has 0 atom stereocenters. The third kappa shape index (κ3) is 5.13. The van der Waals surface area contributed by atoms with Crippen molar-refractivity contribution in [2.45, 2.75) is 17.7 Å².